The predicted octanol–water partition coefficient (Wildman–Crippen LogP) is 1.77. The first-order valence-corrected chi connectivity index (χ1v) is 6.02. The Morgan fingerprint density at radius 1 is 1.71 bits per heavy atom. The average molecular weight is 211 g/mol. The Bertz CT molecular complexity index is 297. The van der Waals surface area contributed by atoms with Crippen molar-refractivity contribution < 1.29 is 0 Å². The topological polar surface area (TPSA) is 42.2 Å². The van der Waals surface area contributed by atoms with Gasteiger partial charge in [-0.1, -0.05) is 0 Å². The summed E-state index contributed by atoms with van der Waals surface area (Å²) in [5, 5.41) is 1.18. The molecule has 3 nitrogen and oxygen atoms in total. The van der Waals surface area contributed by atoms with Gasteiger partial charge < -0.3 is 10.6 Å². The summed E-state index contributed by atoms with van der Waals surface area (Å²) in [7, 11) is 0. The Kier molecular flexibility index (Phi) is 3.03. The zero-order chi connectivity index (χ0) is 9.97. The van der Waals surface area contributed by atoms with Gasteiger partial charge in [0.15, 0.2) is 5.13 Å². The number of aromatic nitrogens is 1. The molecule has 2 rings (SSSR count). The molecule has 0 saturated carbocycles. The maximum atomic E-state index is 5.61. The summed E-state index contributed by atoms with van der Waals surface area (Å²) in [6, 6.07) is 0.630. The highest BCUT2D eigenvalue weighted by atomic mass is 32.1. The van der Waals surface area contributed by atoms with Crippen LogP contribution in [-0.4, -0.2) is 24.1 Å². The maximum absolute atomic E-state index is 5.61. The Labute approximate surface area is 88.9 Å². The van der Waals surface area contributed by atoms with Crippen molar-refractivity contribution in [1.82, 2.24) is 4.98 Å². The lowest BCUT2D eigenvalue weighted by molar-refractivity contribution is 0.617. The first kappa shape index (κ1) is 9.93. The van der Waals surface area contributed by atoms with E-state index in [2.05, 4.69) is 16.8 Å². The van der Waals surface area contributed by atoms with Gasteiger partial charge in [0.1, 0.15) is 0 Å². The molecule has 0 aromatic carbocycles. The summed E-state index contributed by atoms with van der Waals surface area (Å²) < 4.78 is 0. The summed E-state index contributed by atoms with van der Waals surface area (Å²) in [4.78, 5) is 8.15. The van der Waals surface area contributed by atoms with Crippen LogP contribution < -0.4 is 10.6 Å². The van der Waals surface area contributed by atoms with Crippen molar-refractivity contribution in [2.45, 2.75) is 32.2 Å². The van der Waals surface area contributed by atoms with E-state index >= 15 is 0 Å². The molecule has 1 saturated heterocycles. The standard InChI is InChI=1S/C10H17N3S/c1-8-7-12-10(14-8)13-6-2-3-9(13)4-5-11/h7,9H,2-6,11H2,1H3. The zero-order valence-electron chi connectivity index (χ0n) is 8.57. The molecule has 1 fully saturated rings. The fourth-order valence-electron chi connectivity index (χ4n) is 2.06. The van der Waals surface area contributed by atoms with Crippen LogP contribution in [0.3, 0.4) is 0 Å². The third-order valence-corrected chi connectivity index (χ3v) is 3.68. The molecule has 0 amide bonds. The van der Waals surface area contributed by atoms with Gasteiger partial charge in [-0.05, 0) is 32.7 Å². The molecule has 0 spiro atoms. The van der Waals surface area contributed by atoms with Crippen molar-refractivity contribution in [2.75, 3.05) is 18.0 Å². The molecule has 1 aliphatic heterocycles. The predicted molar refractivity (Wildman–Crippen MR) is 60.9 cm³/mol. The third kappa shape index (κ3) is 1.91. The van der Waals surface area contributed by atoms with Crippen LogP contribution in [0, 0.1) is 6.92 Å². The molecule has 1 aromatic rings. The van der Waals surface area contributed by atoms with Crippen LogP contribution in [0.1, 0.15) is 24.1 Å². The summed E-state index contributed by atoms with van der Waals surface area (Å²) in [5.74, 6) is 0. The molecule has 2 heterocycles. The van der Waals surface area contributed by atoms with E-state index in [0.29, 0.717) is 6.04 Å². The van der Waals surface area contributed by atoms with E-state index in [1.807, 2.05) is 6.20 Å². The fraction of sp³-hybridized carbons (Fsp3) is 0.700. The molecule has 1 unspecified atom stereocenters. The molecular weight excluding hydrogens is 194 g/mol. The van der Waals surface area contributed by atoms with Gasteiger partial charge in [0.25, 0.3) is 0 Å². The molecule has 1 atom stereocenters. The lowest BCUT2D eigenvalue weighted by atomic mass is 10.1. The molecule has 0 radical (unpaired) electrons. The summed E-state index contributed by atoms with van der Waals surface area (Å²) in [5.41, 5.74) is 5.61. The average Bonchev–Trinajstić information content (AvgIpc) is 2.74. The van der Waals surface area contributed by atoms with Gasteiger partial charge in [0.2, 0.25) is 0 Å². The zero-order valence-corrected chi connectivity index (χ0v) is 9.39. The monoisotopic (exact) mass is 211 g/mol. The minimum atomic E-state index is 0.630. The molecule has 1 aliphatic rings. The molecule has 1 aromatic heterocycles. The highest BCUT2D eigenvalue weighted by molar-refractivity contribution is 7.15. The first-order valence-electron chi connectivity index (χ1n) is 5.20. The number of aryl methyl sites for hydroxylation is 1. The Morgan fingerprint density at radius 3 is 3.21 bits per heavy atom. The van der Waals surface area contributed by atoms with E-state index in [9.17, 15) is 0 Å². The van der Waals surface area contributed by atoms with E-state index in [0.717, 1.165) is 19.5 Å². The van der Waals surface area contributed by atoms with Gasteiger partial charge in [0.05, 0.1) is 0 Å². The van der Waals surface area contributed by atoms with E-state index < -0.39 is 0 Å². The van der Waals surface area contributed by atoms with Gasteiger partial charge in [-0.3, -0.25) is 0 Å². The van der Waals surface area contributed by atoms with Gasteiger partial charge in [-0.25, -0.2) is 4.98 Å². The number of rotatable bonds is 3. The van der Waals surface area contributed by atoms with Crippen molar-refractivity contribution in [1.29, 1.82) is 0 Å². The molecule has 0 aliphatic carbocycles. The van der Waals surface area contributed by atoms with E-state index in [1.54, 1.807) is 11.3 Å². The van der Waals surface area contributed by atoms with Crippen LogP contribution in [0.15, 0.2) is 6.20 Å². The van der Waals surface area contributed by atoms with E-state index in [-0.39, 0.29) is 0 Å². The molecule has 14 heavy (non-hydrogen) atoms. The first-order chi connectivity index (χ1) is 6.81. The highest BCUT2D eigenvalue weighted by Crippen LogP contribution is 2.30. The highest BCUT2D eigenvalue weighted by Gasteiger charge is 2.25. The number of nitrogens with two attached hydrogens (primary N) is 1. The summed E-state index contributed by atoms with van der Waals surface area (Å²) >= 11 is 1.79. The van der Waals surface area contributed by atoms with Gasteiger partial charge >= 0.3 is 0 Å². The number of thiazole rings is 1. The molecule has 4 heteroatoms. The minimum Gasteiger partial charge on any atom is -0.345 e. The smallest absolute Gasteiger partial charge is 0.185 e. The summed E-state index contributed by atoms with van der Waals surface area (Å²) in [6.07, 6.45) is 5.61. The molecule has 2 N–H and O–H groups in total. The SMILES string of the molecule is Cc1cnc(N2CCCC2CCN)s1. The van der Waals surface area contributed by atoms with E-state index in [4.69, 9.17) is 5.73 Å². The quantitative estimate of drug-likeness (QED) is 0.828. The van der Waals surface area contributed by atoms with Crippen LogP contribution in [0.25, 0.3) is 0 Å². The third-order valence-electron chi connectivity index (χ3n) is 2.73. The molecular formula is C10H17N3S. The number of anilines is 1. The van der Waals surface area contributed by atoms with Crippen LogP contribution in [0.4, 0.5) is 5.13 Å². The van der Waals surface area contributed by atoms with Crippen molar-refractivity contribution in [3.05, 3.63) is 11.1 Å². The normalized spacial score (nSPS) is 21.9. The van der Waals surface area contributed by atoms with Gasteiger partial charge in [-0.15, -0.1) is 11.3 Å². The van der Waals surface area contributed by atoms with Crippen LogP contribution >= 0.6 is 11.3 Å². The molecule has 78 valence electrons. The lowest BCUT2D eigenvalue weighted by Gasteiger charge is -2.23. The Balaban J connectivity index is 2.09. The summed E-state index contributed by atoms with van der Waals surface area (Å²) in [6.45, 7) is 4.04. The fourth-order valence-corrected chi connectivity index (χ4v) is 2.91. The number of hydrogen-bond acceptors (Lipinski definition) is 4. The number of nitrogens with zero attached hydrogens (tertiary/aromatic N) is 2. The van der Waals surface area contributed by atoms with Crippen LogP contribution in [-0.2, 0) is 0 Å². The van der Waals surface area contributed by atoms with Crippen LogP contribution in [0.5, 0.6) is 0 Å². The maximum Gasteiger partial charge on any atom is 0.185 e. The molecule has 0 bridgehead atoms. The van der Waals surface area contributed by atoms with Crippen molar-refractivity contribution in [3.8, 4) is 0 Å². The Morgan fingerprint density at radius 2 is 2.57 bits per heavy atom. The number of hydrogen-bond donors (Lipinski definition) is 1. The van der Waals surface area contributed by atoms with E-state index in [1.165, 1.54) is 22.9 Å². The van der Waals surface area contributed by atoms with Crippen molar-refractivity contribution >= 4 is 16.5 Å². The van der Waals surface area contributed by atoms with Gasteiger partial charge in [0, 0.05) is 23.7 Å². The Hall–Kier alpha value is -0.610. The van der Waals surface area contributed by atoms with Crippen molar-refractivity contribution in [3.63, 3.8) is 0 Å². The van der Waals surface area contributed by atoms with Gasteiger partial charge in [-0.2, -0.15) is 0 Å². The minimum absolute atomic E-state index is 0.630. The lowest BCUT2D eigenvalue weighted by Crippen LogP contribution is -2.30. The second-order valence-corrected chi connectivity index (χ2v) is 5.03. The second-order valence-electron chi connectivity index (χ2n) is 3.82. The second kappa shape index (κ2) is 4.28. The largest absolute Gasteiger partial charge is 0.345 e. The van der Waals surface area contributed by atoms with Crippen LogP contribution in [0.2, 0.25) is 0 Å². The van der Waals surface area contributed by atoms with Crippen molar-refractivity contribution in [2.24, 2.45) is 5.73 Å².